The van der Waals surface area contributed by atoms with Crippen LogP contribution >= 0.6 is 0 Å². The average Bonchev–Trinajstić information content (AvgIpc) is 2.86. The molecule has 0 radical (unpaired) electrons. The van der Waals surface area contributed by atoms with Crippen LogP contribution in [-0.4, -0.2) is 24.2 Å². The minimum absolute atomic E-state index is 0.174. The van der Waals surface area contributed by atoms with Gasteiger partial charge >= 0.3 is 0 Å². The molecule has 0 aromatic heterocycles. The van der Waals surface area contributed by atoms with Gasteiger partial charge in [0.15, 0.2) is 0 Å². The van der Waals surface area contributed by atoms with Crippen LogP contribution < -0.4 is 5.32 Å². The minimum Gasteiger partial charge on any atom is -0.396 e. The molecule has 3 nitrogen and oxygen atoms in total. The Morgan fingerprint density at radius 2 is 2.16 bits per heavy atom. The fraction of sp³-hybridized carbons (Fsp3) is 0.533. The van der Waals surface area contributed by atoms with Crippen LogP contribution in [0.15, 0.2) is 18.2 Å². The molecular weight excluding hydrogens is 245 g/mol. The van der Waals surface area contributed by atoms with Gasteiger partial charge in [-0.3, -0.25) is 4.79 Å². The van der Waals surface area contributed by atoms with Gasteiger partial charge in [-0.25, -0.2) is 4.39 Å². The molecule has 1 aliphatic carbocycles. The number of nitrogens with one attached hydrogen (secondary N) is 1. The molecule has 2 unspecified atom stereocenters. The molecule has 1 aromatic rings. The van der Waals surface area contributed by atoms with E-state index < -0.39 is 0 Å². The maximum Gasteiger partial charge on any atom is 0.251 e. The predicted molar refractivity (Wildman–Crippen MR) is 71.4 cm³/mol. The number of aliphatic hydroxyl groups excluding tert-OH is 1. The molecule has 19 heavy (non-hydrogen) atoms. The van der Waals surface area contributed by atoms with Crippen LogP contribution in [0.1, 0.15) is 35.2 Å². The van der Waals surface area contributed by atoms with Crippen molar-refractivity contribution in [2.75, 3.05) is 13.2 Å². The lowest BCUT2D eigenvalue weighted by molar-refractivity contribution is 0.0937. The van der Waals surface area contributed by atoms with Gasteiger partial charge in [-0.15, -0.1) is 0 Å². The number of halogens is 1. The van der Waals surface area contributed by atoms with E-state index in [2.05, 4.69) is 5.32 Å². The first kappa shape index (κ1) is 14.0. The summed E-state index contributed by atoms with van der Waals surface area (Å²) in [5, 5.41) is 12.1. The molecule has 0 saturated heterocycles. The van der Waals surface area contributed by atoms with Crippen molar-refractivity contribution < 1.29 is 14.3 Å². The quantitative estimate of drug-likeness (QED) is 0.877. The molecule has 1 saturated carbocycles. The zero-order valence-electron chi connectivity index (χ0n) is 11.2. The Labute approximate surface area is 112 Å². The summed E-state index contributed by atoms with van der Waals surface area (Å²) >= 11 is 0. The average molecular weight is 265 g/mol. The summed E-state index contributed by atoms with van der Waals surface area (Å²) in [7, 11) is 0. The fourth-order valence-corrected chi connectivity index (χ4v) is 2.73. The molecule has 1 fully saturated rings. The van der Waals surface area contributed by atoms with Crippen molar-refractivity contribution in [3.63, 3.8) is 0 Å². The van der Waals surface area contributed by atoms with E-state index in [1.54, 1.807) is 13.0 Å². The van der Waals surface area contributed by atoms with Gasteiger partial charge in [-0.05, 0) is 55.4 Å². The van der Waals surface area contributed by atoms with Gasteiger partial charge in [0.25, 0.3) is 5.91 Å². The van der Waals surface area contributed by atoms with Crippen LogP contribution in [-0.2, 0) is 0 Å². The summed E-state index contributed by atoms with van der Waals surface area (Å²) in [5.41, 5.74) is 0.958. The van der Waals surface area contributed by atoms with Crippen LogP contribution in [0.25, 0.3) is 0 Å². The Balaban J connectivity index is 1.92. The highest BCUT2D eigenvalue weighted by Gasteiger charge is 2.26. The van der Waals surface area contributed by atoms with Crippen molar-refractivity contribution in [1.82, 2.24) is 5.32 Å². The Morgan fingerprint density at radius 3 is 2.84 bits per heavy atom. The third kappa shape index (κ3) is 3.32. The summed E-state index contributed by atoms with van der Waals surface area (Å²) < 4.78 is 13.1. The van der Waals surface area contributed by atoms with Gasteiger partial charge in [0.05, 0.1) is 0 Å². The van der Waals surface area contributed by atoms with Crippen LogP contribution in [0.2, 0.25) is 0 Å². The predicted octanol–water partition coefficient (Wildman–Crippen LogP) is 2.27. The molecule has 2 rings (SSSR count). The van der Waals surface area contributed by atoms with Gasteiger partial charge in [-0.1, -0.05) is 6.42 Å². The van der Waals surface area contributed by atoms with Gasteiger partial charge in [0.1, 0.15) is 5.82 Å². The number of benzene rings is 1. The van der Waals surface area contributed by atoms with Gasteiger partial charge in [-0.2, -0.15) is 0 Å². The number of aryl methyl sites for hydroxylation is 1. The third-order valence-electron chi connectivity index (χ3n) is 4.00. The smallest absolute Gasteiger partial charge is 0.251 e. The zero-order valence-corrected chi connectivity index (χ0v) is 11.2. The number of hydrogen-bond donors (Lipinski definition) is 2. The Morgan fingerprint density at radius 1 is 1.42 bits per heavy atom. The minimum atomic E-state index is -0.298. The fourth-order valence-electron chi connectivity index (χ4n) is 2.73. The summed E-state index contributed by atoms with van der Waals surface area (Å²) in [6.45, 7) is 2.42. The number of carbonyl (C=O) groups excluding carboxylic acids is 1. The van der Waals surface area contributed by atoms with Gasteiger partial charge in [0, 0.05) is 18.7 Å². The topological polar surface area (TPSA) is 49.3 Å². The Hall–Kier alpha value is -1.42. The maximum atomic E-state index is 13.1. The van der Waals surface area contributed by atoms with E-state index in [4.69, 9.17) is 0 Å². The van der Waals surface area contributed by atoms with E-state index in [0.29, 0.717) is 29.5 Å². The molecule has 4 heteroatoms. The van der Waals surface area contributed by atoms with E-state index >= 15 is 0 Å². The van der Waals surface area contributed by atoms with Crippen LogP contribution in [0.4, 0.5) is 4.39 Å². The van der Waals surface area contributed by atoms with Crippen molar-refractivity contribution in [1.29, 1.82) is 0 Å². The van der Waals surface area contributed by atoms with Crippen molar-refractivity contribution in [2.24, 2.45) is 11.8 Å². The summed E-state index contributed by atoms with van der Waals surface area (Å²) in [6, 6.07) is 4.37. The second-order valence-electron chi connectivity index (χ2n) is 5.31. The van der Waals surface area contributed by atoms with Crippen LogP contribution in [0.3, 0.4) is 0 Å². The van der Waals surface area contributed by atoms with Crippen molar-refractivity contribution in [3.8, 4) is 0 Å². The number of aliphatic hydroxyl groups is 1. The second kappa shape index (κ2) is 6.15. The summed E-state index contributed by atoms with van der Waals surface area (Å²) in [4.78, 5) is 12.0. The normalized spacial score (nSPS) is 22.5. The lowest BCUT2D eigenvalue weighted by Crippen LogP contribution is -2.31. The van der Waals surface area contributed by atoms with Crippen LogP contribution in [0.5, 0.6) is 0 Å². The lowest BCUT2D eigenvalue weighted by Gasteiger charge is -2.17. The summed E-state index contributed by atoms with van der Waals surface area (Å²) in [5.74, 6) is 0.185. The third-order valence-corrected chi connectivity index (χ3v) is 4.00. The molecule has 2 atom stereocenters. The highest BCUT2D eigenvalue weighted by Crippen LogP contribution is 2.30. The molecule has 2 N–H and O–H groups in total. The standard InChI is InChI=1S/C15H20FNO2/c1-10-7-11(5-6-14(10)16)15(19)17-8-12-3-2-4-13(12)9-18/h5-7,12-13,18H,2-4,8-9H2,1H3,(H,17,19). The first-order valence-electron chi connectivity index (χ1n) is 6.77. The number of amides is 1. The SMILES string of the molecule is Cc1cc(C(=O)NCC2CCCC2CO)ccc1F. The molecular formula is C15H20FNO2. The first-order valence-corrected chi connectivity index (χ1v) is 6.77. The van der Waals surface area contributed by atoms with Crippen molar-refractivity contribution >= 4 is 5.91 Å². The van der Waals surface area contributed by atoms with E-state index in [1.807, 2.05) is 0 Å². The lowest BCUT2D eigenvalue weighted by atomic mass is 9.97. The Kier molecular flexibility index (Phi) is 4.53. The first-order chi connectivity index (χ1) is 9.11. The van der Waals surface area contributed by atoms with Crippen molar-refractivity contribution in [2.45, 2.75) is 26.2 Å². The second-order valence-corrected chi connectivity index (χ2v) is 5.31. The maximum absolute atomic E-state index is 13.1. The highest BCUT2D eigenvalue weighted by atomic mass is 19.1. The molecule has 104 valence electrons. The van der Waals surface area contributed by atoms with E-state index in [1.165, 1.54) is 12.1 Å². The molecule has 0 heterocycles. The molecule has 0 spiro atoms. The van der Waals surface area contributed by atoms with E-state index in [0.717, 1.165) is 19.3 Å². The zero-order chi connectivity index (χ0) is 13.8. The number of hydrogen-bond acceptors (Lipinski definition) is 2. The highest BCUT2D eigenvalue weighted by molar-refractivity contribution is 5.94. The monoisotopic (exact) mass is 265 g/mol. The van der Waals surface area contributed by atoms with E-state index in [9.17, 15) is 14.3 Å². The van der Waals surface area contributed by atoms with E-state index in [-0.39, 0.29) is 18.3 Å². The molecule has 0 bridgehead atoms. The van der Waals surface area contributed by atoms with Crippen molar-refractivity contribution in [3.05, 3.63) is 35.1 Å². The molecule has 1 aromatic carbocycles. The molecule has 1 amide bonds. The summed E-state index contributed by atoms with van der Waals surface area (Å²) in [6.07, 6.45) is 3.20. The molecule has 0 aliphatic heterocycles. The number of rotatable bonds is 4. The Bertz CT molecular complexity index is 461. The largest absolute Gasteiger partial charge is 0.396 e. The van der Waals surface area contributed by atoms with Gasteiger partial charge in [0.2, 0.25) is 0 Å². The molecule has 1 aliphatic rings. The van der Waals surface area contributed by atoms with Gasteiger partial charge < -0.3 is 10.4 Å². The number of carbonyl (C=O) groups is 1. The van der Waals surface area contributed by atoms with Crippen LogP contribution in [0, 0.1) is 24.6 Å².